The first-order valence-electron chi connectivity index (χ1n) is 6.95. The van der Waals surface area contributed by atoms with E-state index in [9.17, 15) is 18.4 Å². The van der Waals surface area contributed by atoms with Crippen LogP contribution in [0, 0.1) is 11.3 Å². The lowest BCUT2D eigenvalue weighted by molar-refractivity contribution is -0.123. The number of amides is 1. The van der Waals surface area contributed by atoms with Crippen molar-refractivity contribution in [1.82, 2.24) is 0 Å². The second-order valence-electron chi connectivity index (χ2n) is 4.71. The summed E-state index contributed by atoms with van der Waals surface area (Å²) < 4.78 is 33.3. The van der Waals surface area contributed by atoms with Crippen molar-refractivity contribution in [2.24, 2.45) is 0 Å². The third-order valence-electron chi connectivity index (χ3n) is 2.99. The van der Waals surface area contributed by atoms with E-state index in [0.29, 0.717) is 10.6 Å². The van der Waals surface area contributed by atoms with Crippen LogP contribution >= 0.6 is 11.3 Å². The number of alkyl halides is 2. The van der Waals surface area contributed by atoms with E-state index in [1.54, 1.807) is 11.4 Å². The fourth-order valence-electron chi connectivity index (χ4n) is 1.76. The smallest absolute Gasteiger partial charge is 0.387 e. The minimum absolute atomic E-state index is 0.0788. The Morgan fingerprint density at radius 3 is 2.52 bits per heavy atom. The number of nitrogens with zero attached hydrogens (tertiary/aromatic N) is 1. The van der Waals surface area contributed by atoms with Gasteiger partial charge >= 0.3 is 12.6 Å². The van der Waals surface area contributed by atoms with Crippen LogP contribution in [0.25, 0.3) is 0 Å². The number of halogens is 2. The summed E-state index contributed by atoms with van der Waals surface area (Å²) in [5.74, 6) is -1.48. The number of anilines is 1. The van der Waals surface area contributed by atoms with Crippen molar-refractivity contribution >= 4 is 28.2 Å². The van der Waals surface area contributed by atoms with Crippen LogP contribution in [0.15, 0.2) is 35.7 Å². The number of nitriles is 1. The van der Waals surface area contributed by atoms with E-state index in [-0.39, 0.29) is 11.3 Å². The van der Waals surface area contributed by atoms with Crippen LogP contribution in [-0.4, -0.2) is 24.6 Å². The van der Waals surface area contributed by atoms with Crippen LogP contribution in [0.2, 0.25) is 0 Å². The van der Waals surface area contributed by atoms with Crippen LogP contribution in [-0.2, 0) is 9.53 Å². The maximum Gasteiger partial charge on any atom is 0.387 e. The Balaban J connectivity index is 1.95. The maximum atomic E-state index is 12.1. The second kappa shape index (κ2) is 8.21. The lowest BCUT2D eigenvalue weighted by Gasteiger charge is -2.13. The van der Waals surface area contributed by atoms with Crippen LogP contribution in [0.5, 0.6) is 5.75 Å². The highest BCUT2D eigenvalue weighted by Gasteiger charge is 2.20. The number of benzene rings is 1. The molecule has 6 nitrogen and oxygen atoms in total. The average Bonchev–Trinajstić information content (AvgIpc) is 3.01. The highest BCUT2D eigenvalue weighted by atomic mass is 32.1. The van der Waals surface area contributed by atoms with Crippen LogP contribution in [0.1, 0.15) is 22.8 Å². The molecule has 2 aromatic rings. The van der Waals surface area contributed by atoms with E-state index in [2.05, 4.69) is 10.1 Å². The predicted molar refractivity (Wildman–Crippen MR) is 85.6 cm³/mol. The summed E-state index contributed by atoms with van der Waals surface area (Å²) >= 11 is 1.17. The molecule has 1 N–H and O–H groups in total. The molecule has 0 aliphatic rings. The number of hydrogen-bond acceptors (Lipinski definition) is 6. The number of esters is 1. The summed E-state index contributed by atoms with van der Waals surface area (Å²) in [5, 5.41) is 13.4. The van der Waals surface area contributed by atoms with Crippen molar-refractivity contribution in [2.75, 3.05) is 5.32 Å². The lowest BCUT2D eigenvalue weighted by atomic mass is 10.2. The Morgan fingerprint density at radius 1 is 1.24 bits per heavy atom. The molecule has 9 heteroatoms. The van der Waals surface area contributed by atoms with Crippen molar-refractivity contribution < 1.29 is 27.8 Å². The average molecular weight is 366 g/mol. The summed E-state index contributed by atoms with van der Waals surface area (Å²) in [4.78, 5) is 24.0. The highest BCUT2D eigenvalue weighted by molar-refractivity contribution is 7.14. The Kier molecular flexibility index (Phi) is 6.03. The Bertz CT molecular complexity index is 799. The van der Waals surface area contributed by atoms with E-state index >= 15 is 0 Å². The molecule has 1 aromatic carbocycles. The van der Waals surface area contributed by atoms with E-state index in [1.807, 2.05) is 6.07 Å². The third kappa shape index (κ3) is 4.99. The monoisotopic (exact) mass is 366 g/mol. The molecule has 1 atom stereocenters. The van der Waals surface area contributed by atoms with Crippen molar-refractivity contribution in [3.05, 3.63) is 46.8 Å². The number of hydrogen-bond donors (Lipinski definition) is 1. The summed E-state index contributed by atoms with van der Waals surface area (Å²) in [6.45, 7) is -1.58. The molecule has 25 heavy (non-hydrogen) atoms. The third-order valence-corrected chi connectivity index (χ3v) is 3.82. The molecular formula is C16H12F2N2O4S. The number of carbonyl (C=O) groups is 2. The molecule has 0 spiro atoms. The molecule has 130 valence electrons. The quantitative estimate of drug-likeness (QED) is 0.792. The zero-order valence-electron chi connectivity index (χ0n) is 12.9. The SMILES string of the molecule is C[C@H](OC(=O)c1ccc(OC(F)F)cc1)C(=O)Nc1sccc1C#N. The van der Waals surface area contributed by atoms with Crippen LogP contribution in [0.4, 0.5) is 13.8 Å². The molecule has 1 heterocycles. The topological polar surface area (TPSA) is 88.4 Å². The van der Waals surface area contributed by atoms with Gasteiger partial charge in [-0.05, 0) is 42.6 Å². The molecule has 0 saturated carbocycles. The van der Waals surface area contributed by atoms with Crippen molar-refractivity contribution in [3.63, 3.8) is 0 Å². The van der Waals surface area contributed by atoms with Gasteiger partial charge in [0.25, 0.3) is 5.91 Å². The van der Waals surface area contributed by atoms with E-state index in [1.165, 1.54) is 42.5 Å². The molecule has 0 aliphatic heterocycles. The molecule has 0 unspecified atom stereocenters. The second-order valence-corrected chi connectivity index (χ2v) is 5.63. The number of thiophene rings is 1. The summed E-state index contributed by atoms with van der Waals surface area (Å²) in [6.07, 6.45) is -1.11. The zero-order chi connectivity index (χ0) is 18.4. The Labute approximate surface area is 145 Å². The van der Waals surface area contributed by atoms with Gasteiger partial charge in [-0.25, -0.2) is 4.79 Å². The van der Waals surface area contributed by atoms with Gasteiger partial charge < -0.3 is 14.8 Å². The molecule has 0 aliphatic carbocycles. The molecule has 0 radical (unpaired) electrons. The molecule has 0 saturated heterocycles. The van der Waals surface area contributed by atoms with Gasteiger partial charge in [0.05, 0.1) is 11.1 Å². The first-order chi connectivity index (χ1) is 11.9. The van der Waals surface area contributed by atoms with Gasteiger partial charge in [0.15, 0.2) is 6.10 Å². The first kappa shape index (κ1) is 18.4. The predicted octanol–water partition coefficient (Wildman–Crippen LogP) is 3.41. The van der Waals surface area contributed by atoms with Crippen LogP contribution < -0.4 is 10.1 Å². The van der Waals surface area contributed by atoms with Crippen molar-refractivity contribution in [1.29, 1.82) is 5.26 Å². The van der Waals surface area contributed by atoms with Crippen LogP contribution in [0.3, 0.4) is 0 Å². The largest absolute Gasteiger partial charge is 0.449 e. The van der Waals surface area contributed by atoms with E-state index in [0.717, 1.165) is 0 Å². The summed E-state index contributed by atoms with van der Waals surface area (Å²) in [6, 6.07) is 8.36. The number of rotatable bonds is 6. The van der Waals surface area contributed by atoms with Gasteiger partial charge in [0.2, 0.25) is 0 Å². The summed E-state index contributed by atoms with van der Waals surface area (Å²) in [7, 11) is 0. The normalized spacial score (nSPS) is 11.5. The fourth-order valence-corrected chi connectivity index (χ4v) is 2.50. The molecule has 0 fully saturated rings. The zero-order valence-corrected chi connectivity index (χ0v) is 13.7. The first-order valence-corrected chi connectivity index (χ1v) is 7.83. The molecule has 2 rings (SSSR count). The van der Waals surface area contributed by atoms with E-state index < -0.39 is 24.6 Å². The Morgan fingerprint density at radius 2 is 1.92 bits per heavy atom. The van der Waals surface area contributed by atoms with E-state index in [4.69, 9.17) is 10.00 Å². The summed E-state index contributed by atoms with van der Waals surface area (Å²) in [5.41, 5.74) is 0.390. The number of carbonyl (C=O) groups excluding carboxylic acids is 2. The number of ether oxygens (including phenoxy) is 2. The van der Waals surface area contributed by atoms with Gasteiger partial charge in [0.1, 0.15) is 16.8 Å². The van der Waals surface area contributed by atoms with Crippen molar-refractivity contribution in [3.8, 4) is 11.8 Å². The molecular weight excluding hydrogens is 354 g/mol. The van der Waals surface area contributed by atoms with Gasteiger partial charge in [0, 0.05) is 0 Å². The van der Waals surface area contributed by atoms with Crippen molar-refractivity contribution in [2.45, 2.75) is 19.6 Å². The highest BCUT2D eigenvalue weighted by Crippen LogP contribution is 2.22. The minimum Gasteiger partial charge on any atom is -0.449 e. The molecule has 1 amide bonds. The molecule has 1 aromatic heterocycles. The van der Waals surface area contributed by atoms with Gasteiger partial charge in [-0.3, -0.25) is 4.79 Å². The van der Waals surface area contributed by atoms with Gasteiger partial charge in [-0.1, -0.05) is 0 Å². The van der Waals surface area contributed by atoms with Gasteiger partial charge in [-0.2, -0.15) is 14.0 Å². The maximum absolute atomic E-state index is 12.1. The molecule has 0 bridgehead atoms. The van der Waals surface area contributed by atoms with Gasteiger partial charge in [-0.15, -0.1) is 11.3 Å². The number of nitrogens with one attached hydrogen (secondary N) is 1. The Hall–Kier alpha value is -2.99. The lowest BCUT2D eigenvalue weighted by Crippen LogP contribution is -2.29. The minimum atomic E-state index is -2.96. The standard InChI is InChI=1S/C16H12F2N2O4S/c1-9(13(21)20-14-11(8-19)6-7-25-14)23-15(22)10-2-4-12(5-3-10)24-16(17)18/h2-7,9,16H,1H3,(H,20,21)/t9-/m0/s1. The fraction of sp³-hybridized carbons (Fsp3) is 0.188.